The number of fused-ring (bicyclic) bond motifs is 1. The molecule has 1 heterocycles. The Bertz CT molecular complexity index is 865. The lowest BCUT2D eigenvalue weighted by Gasteiger charge is -2.24. The number of benzene rings is 2. The number of hydrogen-bond acceptors (Lipinski definition) is 4. The number of rotatable bonds is 7. The van der Waals surface area contributed by atoms with Crippen molar-refractivity contribution in [1.82, 2.24) is 10.2 Å². The smallest absolute Gasteiger partial charge is 0.325 e. The van der Waals surface area contributed by atoms with Crippen molar-refractivity contribution in [3.8, 4) is 0 Å². The fourth-order valence-corrected chi connectivity index (χ4v) is 3.77. The van der Waals surface area contributed by atoms with E-state index < -0.39 is 12.1 Å². The van der Waals surface area contributed by atoms with Gasteiger partial charge in [0.05, 0.1) is 5.69 Å². The van der Waals surface area contributed by atoms with Crippen LogP contribution in [-0.4, -0.2) is 53.9 Å². The maximum atomic E-state index is 12.9. The summed E-state index contributed by atoms with van der Waals surface area (Å²) in [6.45, 7) is 2.08. The summed E-state index contributed by atoms with van der Waals surface area (Å²) in [5.74, 6) is 0.175. The first-order valence-corrected chi connectivity index (χ1v) is 10.3. The van der Waals surface area contributed by atoms with E-state index in [0.29, 0.717) is 13.0 Å². The first kappa shape index (κ1) is 19.2. The monoisotopic (exact) mass is 385 g/mol. The maximum Gasteiger partial charge on any atom is 0.325 e. The molecule has 7 heteroatoms. The topological polar surface area (TPSA) is 69.7 Å². The lowest BCUT2D eigenvalue weighted by molar-refractivity contribution is -0.131. The van der Waals surface area contributed by atoms with E-state index >= 15 is 0 Å². The van der Waals surface area contributed by atoms with E-state index in [2.05, 4.69) is 5.32 Å². The molecule has 1 N–H and O–H groups in total. The van der Waals surface area contributed by atoms with Crippen LogP contribution in [0.25, 0.3) is 10.8 Å². The Balaban J connectivity index is 1.80. The molecule has 4 amide bonds. The molecule has 1 saturated heterocycles. The van der Waals surface area contributed by atoms with Gasteiger partial charge in [0.1, 0.15) is 12.6 Å². The van der Waals surface area contributed by atoms with Crippen molar-refractivity contribution >= 4 is 46.1 Å². The number of thioether (sulfide) groups is 1. The fraction of sp³-hybridized carbons (Fsp3) is 0.350. The lowest BCUT2D eigenvalue weighted by Crippen LogP contribution is -2.43. The number of amides is 4. The average molecular weight is 385 g/mol. The zero-order valence-corrected chi connectivity index (χ0v) is 16.3. The van der Waals surface area contributed by atoms with Crippen molar-refractivity contribution in [1.29, 1.82) is 0 Å². The van der Waals surface area contributed by atoms with Crippen molar-refractivity contribution < 1.29 is 14.4 Å². The van der Waals surface area contributed by atoms with Gasteiger partial charge < -0.3 is 10.2 Å². The predicted molar refractivity (Wildman–Crippen MR) is 109 cm³/mol. The molecular weight excluding hydrogens is 362 g/mol. The van der Waals surface area contributed by atoms with Crippen molar-refractivity contribution in [3.05, 3.63) is 42.5 Å². The highest BCUT2D eigenvalue weighted by Gasteiger charge is 2.39. The Morgan fingerprint density at radius 3 is 2.67 bits per heavy atom. The van der Waals surface area contributed by atoms with Crippen molar-refractivity contribution in [2.75, 3.05) is 30.0 Å². The number of carbonyl (C=O) groups is 3. The van der Waals surface area contributed by atoms with Crippen molar-refractivity contribution in [2.45, 2.75) is 19.4 Å². The van der Waals surface area contributed by atoms with E-state index in [1.807, 2.05) is 55.6 Å². The Morgan fingerprint density at radius 1 is 1.19 bits per heavy atom. The second-order valence-electron chi connectivity index (χ2n) is 6.34. The molecule has 2 aromatic rings. The highest BCUT2D eigenvalue weighted by atomic mass is 32.2. The number of carbonyl (C=O) groups excluding carboxylic acids is 3. The molecule has 0 aliphatic carbocycles. The van der Waals surface area contributed by atoms with Gasteiger partial charge in [-0.1, -0.05) is 36.4 Å². The first-order valence-electron chi connectivity index (χ1n) is 8.95. The van der Waals surface area contributed by atoms with E-state index in [4.69, 9.17) is 0 Å². The molecule has 1 fully saturated rings. The van der Waals surface area contributed by atoms with Crippen LogP contribution in [0.15, 0.2) is 42.5 Å². The molecule has 0 saturated carbocycles. The number of hydrogen-bond donors (Lipinski definition) is 1. The Hall–Kier alpha value is -2.54. The Labute approximate surface area is 162 Å². The minimum absolute atomic E-state index is 0.252. The summed E-state index contributed by atoms with van der Waals surface area (Å²) in [4.78, 5) is 40.2. The van der Waals surface area contributed by atoms with Crippen molar-refractivity contribution in [3.63, 3.8) is 0 Å². The molecule has 1 aliphatic rings. The number of nitrogens with zero attached hydrogens (tertiary/aromatic N) is 2. The molecule has 1 atom stereocenters. The minimum atomic E-state index is -0.537. The maximum absolute atomic E-state index is 12.9. The summed E-state index contributed by atoms with van der Waals surface area (Å²) >= 11 is 1.62. The van der Waals surface area contributed by atoms with Crippen LogP contribution in [0.4, 0.5) is 10.5 Å². The van der Waals surface area contributed by atoms with Gasteiger partial charge in [-0.25, -0.2) is 4.79 Å². The number of nitrogens with one attached hydrogen (secondary N) is 1. The van der Waals surface area contributed by atoms with E-state index in [9.17, 15) is 14.4 Å². The Kier molecular flexibility index (Phi) is 6.01. The number of likely N-dealkylation sites (N-methyl/N-ethyl adjacent to an activating group) is 1. The molecular formula is C20H23N3O3S. The minimum Gasteiger partial charge on any atom is -0.326 e. The summed E-state index contributed by atoms with van der Waals surface area (Å²) in [6.07, 6.45) is 2.52. The van der Waals surface area contributed by atoms with Crippen LogP contribution < -0.4 is 10.2 Å². The zero-order valence-electron chi connectivity index (χ0n) is 15.5. The van der Waals surface area contributed by atoms with E-state index in [0.717, 1.165) is 27.1 Å². The summed E-state index contributed by atoms with van der Waals surface area (Å²) in [5.41, 5.74) is 0.784. The summed E-state index contributed by atoms with van der Waals surface area (Å²) in [5, 5.41) is 4.67. The van der Waals surface area contributed by atoms with Crippen LogP contribution in [0, 0.1) is 0 Å². The quantitative estimate of drug-likeness (QED) is 0.744. The SMILES string of the molecule is CCN(C(=O)CN1C(=O)N[C@H](CCSC)C1=O)c1cccc2ccccc12. The third-order valence-electron chi connectivity index (χ3n) is 4.69. The molecule has 3 rings (SSSR count). The molecule has 6 nitrogen and oxygen atoms in total. The van der Waals surface area contributed by atoms with Crippen LogP contribution in [-0.2, 0) is 9.59 Å². The van der Waals surface area contributed by atoms with Gasteiger partial charge in [0.15, 0.2) is 0 Å². The van der Waals surface area contributed by atoms with Crippen LogP contribution in [0.5, 0.6) is 0 Å². The van der Waals surface area contributed by atoms with E-state index in [1.54, 1.807) is 16.7 Å². The number of imide groups is 1. The second-order valence-corrected chi connectivity index (χ2v) is 7.33. The van der Waals surface area contributed by atoms with Crippen molar-refractivity contribution in [2.24, 2.45) is 0 Å². The lowest BCUT2D eigenvalue weighted by atomic mass is 10.1. The summed E-state index contributed by atoms with van der Waals surface area (Å²) in [7, 11) is 0. The van der Waals surface area contributed by atoms with Crippen LogP contribution in [0.1, 0.15) is 13.3 Å². The molecule has 142 valence electrons. The summed E-state index contributed by atoms with van der Waals surface area (Å²) in [6, 6.07) is 12.6. The average Bonchev–Trinajstić information content (AvgIpc) is 2.94. The Morgan fingerprint density at radius 2 is 1.93 bits per heavy atom. The van der Waals surface area contributed by atoms with Gasteiger partial charge in [0.25, 0.3) is 5.91 Å². The van der Waals surface area contributed by atoms with Crippen LogP contribution >= 0.6 is 11.8 Å². The molecule has 0 radical (unpaired) electrons. The molecule has 0 aromatic heterocycles. The first-order chi connectivity index (χ1) is 13.1. The molecule has 0 unspecified atom stereocenters. The highest BCUT2D eigenvalue weighted by molar-refractivity contribution is 7.98. The number of anilines is 1. The largest absolute Gasteiger partial charge is 0.326 e. The van der Waals surface area contributed by atoms with Gasteiger partial charge in [-0.2, -0.15) is 11.8 Å². The molecule has 1 aliphatic heterocycles. The standard InChI is InChI=1S/C20H23N3O3S/c1-3-22(17-10-6-8-14-7-4-5-9-15(14)17)18(24)13-23-19(25)16(11-12-27-2)21-20(23)26/h4-10,16H,3,11-13H2,1-2H3,(H,21,26)/t16-/m1/s1. The van der Waals surface area contributed by atoms with Gasteiger partial charge >= 0.3 is 6.03 Å². The predicted octanol–water partition coefficient (Wildman–Crippen LogP) is 2.87. The van der Waals surface area contributed by atoms with Crippen LogP contribution in [0.2, 0.25) is 0 Å². The fourth-order valence-electron chi connectivity index (χ4n) is 3.30. The highest BCUT2D eigenvalue weighted by Crippen LogP contribution is 2.27. The zero-order chi connectivity index (χ0) is 19.4. The third kappa shape index (κ3) is 3.93. The van der Waals surface area contributed by atoms with E-state index in [-0.39, 0.29) is 18.4 Å². The van der Waals surface area contributed by atoms with Gasteiger partial charge in [-0.05, 0) is 36.8 Å². The van der Waals surface area contributed by atoms with Gasteiger partial charge in [-0.3, -0.25) is 14.5 Å². The molecule has 27 heavy (non-hydrogen) atoms. The van der Waals surface area contributed by atoms with Gasteiger partial charge in [0.2, 0.25) is 5.91 Å². The third-order valence-corrected chi connectivity index (χ3v) is 5.33. The molecule has 2 aromatic carbocycles. The second kappa shape index (κ2) is 8.43. The molecule has 0 bridgehead atoms. The van der Waals surface area contributed by atoms with E-state index in [1.165, 1.54) is 0 Å². The number of urea groups is 1. The van der Waals surface area contributed by atoms with Crippen LogP contribution in [0.3, 0.4) is 0 Å². The van der Waals surface area contributed by atoms with Gasteiger partial charge in [-0.15, -0.1) is 0 Å². The van der Waals surface area contributed by atoms with Gasteiger partial charge in [0, 0.05) is 11.9 Å². The summed E-state index contributed by atoms with van der Waals surface area (Å²) < 4.78 is 0. The normalized spacial score (nSPS) is 16.7. The molecule has 0 spiro atoms.